The number of carbonyl (C=O) groups excluding carboxylic acids is 1. The van der Waals surface area contributed by atoms with Gasteiger partial charge < -0.3 is 5.32 Å². The van der Waals surface area contributed by atoms with E-state index in [1.165, 1.54) is 5.56 Å². The van der Waals surface area contributed by atoms with Crippen molar-refractivity contribution in [2.45, 2.75) is 45.1 Å². The Bertz CT molecular complexity index is 399. The molecule has 2 heteroatoms. The fourth-order valence-electron chi connectivity index (χ4n) is 3.22. The van der Waals surface area contributed by atoms with Gasteiger partial charge in [-0.3, -0.25) is 4.79 Å². The molecule has 1 aliphatic heterocycles. The molecule has 0 aliphatic carbocycles. The molecule has 0 spiro atoms. The van der Waals surface area contributed by atoms with Crippen LogP contribution in [0.5, 0.6) is 0 Å². The van der Waals surface area contributed by atoms with Crippen LogP contribution in [0.25, 0.3) is 0 Å². The Hall–Kier alpha value is -1.31. The molecular weight excluding hydrogens is 210 g/mol. The van der Waals surface area contributed by atoms with Gasteiger partial charge in [0.15, 0.2) is 0 Å². The summed E-state index contributed by atoms with van der Waals surface area (Å²) >= 11 is 0. The number of hydrogen-bond acceptors (Lipinski definition) is 1. The smallest absolute Gasteiger partial charge is 0.221 e. The van der Waals surface area contributed by atoms with E-state index in [0.717, 1.165) is 6.42 Å². The average molecular weight is 231 g/mol. The van der Waals surface area contributed by atoms with Gasteiger partial charge in [-0.25, -0.2) is 0 Å². The van der Waals surface area contributed by atoms with Crippen LogP contribution in [0, 0.1) is 5.92 Å². The first-order chi connectivity index (χ1) is 8.11. The summed E-state index contributed by atoms with van der Waals surface area (Å²) in [6, 6.07) is 10.7. The monoisotopic (exact) mass is 231 g/mol. The second-order valence-electron chi connectivity index (χ2n) is 5.27. The summed E-state index contributed by atoms with van der Waals surface area (Å²) in [5.41, 5.74) is 1.26. The maximum Gasteiger partial charge on any atom is 0.221 e. The van der Waals surface area contributed by atoms with Crippen LogP contribution in [-0.2, 0) is 10.2 Å². The van der Waals surface area contributed by atoms with E-state index in [4.69, 9.17) is 0 Å². The van der Waals surface area contributed by atoms with Gasteiger partial charge in [-0.05, 0) is 17.9 Å². The van der Waals surface area contributed by atoms with Crippen LogP contribution >= 0.6 is 0 Å². The molecule has 0 saturated carbocycles. The number of amides is 1. The molecule has 1 amide bonds. The molecule has 92 valence electrons. The summed E-state index contributed by atoms with van der Waals surface area (Å²) < 4.78 is 0. The van der Waals surface area contributed by atoms with Crippen LogP contribution < -0.4 is 5.32 Å². The minimum atomic E-state index is -0.0346. The second kappa shape index (κ2) is 4.52. The molecule has 1 saturated heterocycles. The number of carbonyl (C=O) groups is 1. The van der Waals surface area contributed by atoms with Gasteiger partial charge in [0.1, 0.15) is 0 Å². The predicted molar refractivity (Wildman–Crippen MR) is 69.8 cm³/mol. The molecule has 1 fully saturated rings. The van der Waals surface area contributed by atoms with E-state index >= 15 is 0 Å². The number of rotatable bonds is 3. The highest BCUT2D eigenvalue weighted by molar-refractivity contribution is 5.81. The van der Waals surface area contributed by atoms with Crippen LogP contribution in [0.1, 0.15) is 39.2 Å². The summed E-state index contributed by atoms with van der Waals surface area (Å²) in [5.74, 6) is 0.642. The van der Waals surface area contributed by atoms with Gasteiger partial charge in [0.25, 0.3) is 0 Å². The lowest BCUT2D eigenvalue weighted by atomic mass is 9.66. The largest absolute Gasteiger partial charge is 0.352 e. The molecule has 1 heterocycles. The first-order valence-electron chi connectivity index (χ1n) is 6.46. The van der Waals surface area contributed by atoms with Gasteiger partial charge in [-0.2, -0.15) is 0 Å². The van der Waals surface area contributed by atoms with Crippen molar-refractivity contribution in [1.29, 1.82) is 0 Å². The quantitative estimate of drug-likeness (QED) is 0.851. The molecule has 0 radical (unpaired) electrons. The second-order valence-corrected chi connectivity index (χ2v) is 5.27. The third kappa shape index (κ3) is 1.86. The van der Waals surface area contributed by atoms with E-state index in [0.29, 0.717) is 12.3 Å². The Labute approximate surface area is 103 Å². The minimum Gasteiger partial charge on any atom is -0.352 e. The highest BCUT2D eigenvalue weighted by atomic mass is 16.2. The molecular formula is C15H21NO. The predicted octanol–water partition coefficient (Wildman–Crippen LogP) is 2.88. The molecule has 1 N–H and O–H groups in total. The molecule has 0 aromatic heterocycles. The Morgan fingerprint density at radius 3 is 2.53 bits per heavy atom. The van der Waals surface area contributed by atoms with Crippen molar-refractivity contribution < 1.29 is 4.79 Å². The molecule has 2 atom stereocenters. The van der Waals surface area contributed by atoms with Gasteiger partial charge >= 0.3 is 0 Å². The van der Waals surface area contributed by atoms with Gasteiger partial charge in [-0.1, -0.05) is 51.1 Å². The van der Waals surface area contributed by atoms with E-state index < -0.39 is 0 Å². The molecule has 1 aromatic rings. The van der Waals surface area contributed by atoms with Crippen LogP contribution in [0.4, 0.5) is 0 Å². The zero-order chi connectivity index (χ0) is 12.5. The Balaban J connectivity index is 2.50. The summed E-state index contributed by atoms with van der Waals surface area (Å²) in [6.07, 6.45) is 1.60. The van der Waals surface area contributed by atoms with Crippen molar-refractivity contribution in [2.24, 2.45) is 5.92 Å². The summed E-state index contributed by atoms with van der Waals surface area (Å²) in [4.78, 5) is 11.8. The van der Waals surface area contributed by atoms with Crippen LogP contribution in [0.3, 0.4) is 0 Å². The fraction of sp³-hybridized carbons (Fsp3) is 0.533. The van der Waals surface area contributed by atoms with E-state index in [9.17, 15) is 4.79 Å². The zero-order valence-electron chi connectivity index (χ0n) is 10.9. The normalized spacial score (nSPS) is 28.5. The van der Waals surface area contributed by atoms with Crippen LogP contribution in [0.15, 0.2) is 30.3 Å². The molecule has 0 bridgehead atoms. The van der Waals surface area contributed by atoms with Crippen molar-refractivity contribution in [3.63, 3.8) is 0 Å². The molecule has 17 heavy (non-hydrogen) atoms. The summed E-state index contributed by atoms with van der Waals surface area (Å²) in [5, 5.41) is 3.14. The van der Waals surface area contributed by atoms with Gasteiger partial charge in [-0.15, -0.1) is 0 Å². The summed E-state index contributed by atoms with van der Waals surface area (Å²) in [6.45, 7) is 6.59. The summed E-state index contributed by atoms with van der Waals surface area (Å²) in [7, 11) is 0. The van der Waals surface area contributed by atoms with Gasteiger partial charge in [0.05, 0.1) is 0 Å². The maximum atomic E-state index is 11.8. The maximum absolute atomic E-state index is 11.8. The van der Waals surface area contributed by atoms with Gasteiger partial charge in [0, 0.05) is 17.9 Å². The number of benzene rings is 1. The van der Waals surface area contributed by atoms with Crippen molar-refractivity contribution in [2.75, 3.05) is 0 Å². The number of nitrogens with one attached hydrogen (secondary N) is 1. The molecule has 1 aliphatic rings. The average Bonchev–Trinajstić information content (AvgIpc) is 2.68. The third-order valence-electron chi connectivity index (χ3n) is 4.16. The highest BCUT2D eigenvalue weighted by Gasteiger charge is 2.49. The standard InChI is InChI=1S/C15H21NO/c1-4-13-15(11(2)3,10-14(17)16-13)12-8-6-5-7-9-12/h5-9,11,13H,4,10H2,1-3H3,(H,16,17). The van der Waals surface area contributed by atoms with E-state index in [-0.39, 0.29) is 17.4 Å². The SMILES string of the molecule is CCC1NC(=O)CC1(c1ccccc1)C(C)C. The lowest BCUT2D eigenvalue weighted by molar-refractivity contribution is -0.119. The van der Waals surface area contributed by atoms with Crippen molar-refractivity contribution >= 4 is 5.91 Å². The van der Waals surface area contributed by atoms with Crippen molar-refractivity contribution in [3.05, 3.63) is 35.9 Å². The minimum absolute atomic E-state index is 0.0346. The van der Waals surface area contributed by atoms with E-state index in [2.05, 4.69) is 50.4 Å². The van der Waals surface area contributed by atoms with Crippen LogP contribution in [-0.4, -0.2) is 11.9 Å². The van der Waals surface area contributed by atoms with Crippen molar-refractivity contribution in [1.82, 2.24) is 5.32 Å². The Kier molecular flexibility index (Phi) is 3.23. The Morgan fingerprint density at radius 2 is 2.00 bits per heavy atom. The lowest BCUT2D eigenvalue weighted by Crippen LogP contribution is -2.44. The molecule has 2 unspecified atom stereocenters. The number of hydrogen-bond donors (Lipinski definition) is 1. The lowest BCUT2D eigenvalue weighted by Gasteiger charge is -2.38. The van der Waals surface area contributed by atoms with E-state index in [1.54, 1.807) is 0 Å². The molecule has 2 rings (SSSR count). The van der Waals surface area contributed by atoms with Crippen LogP contribution in [0.2, 0.25) is 0 Å². The third-order valence-corrected chi connectivity index (χ3v) is 4.16. The molecule has 1 aromatic carbocycles. The van der Waals surface area contributed by atoms with Gasteiger partial charge in [0.2, 0.25) is 5.91 Å². The Morgan fingerprint density at radius 1 is 1.35 bits per heavy atom. The van der Waals surface area contributed by atoms with E-state index in [1.807, 2.05) is 6.07 Å². The van der Waals surface area contributed by atoms with Crippen molar-refractivity contribution in [3.8, 4) is 0 Å². The topological polar surface area (TPSA) is 29.1 Å². The first kappa shape index (κ1) is 12.2. The molecule has 2 nitrogen and oxygen atoms in total. The zero-order valence-corrected chi connectivity index (χ0v) is 10.9. The fourth-order valence-corrected chi connectivity index (χ4v) is 3.22. The highest BCUT2D eigenvalue weighted by Crippen LogP contribution is 2.43. The first-order valence-corrected chi connectivity index (χ1v) is 6.46.